The summed E-state index contributed by atoms with van der Waals surface area (Å²) >= 11 is 0. The Bertz CT molecular complexity index is 1290. The zero-order valence-electron chi connectivity index (χ0n) is 24.9. The smallest absolute Gasteiger partial charge is 0.0935 e. The molecule has 8 bridgehead atoms. The second-order valence-electron chi connectivity index (χ2n) is 15.4. The maximum Gasteiger partial charge on any atom is 0.0935 e. The van der Waals surface area contributed by atoms with Gasteiger partial charge in [0.05, 0.1) is 16.5 Å². The first kappa shape index (κ1) is 26.8. The van der Waals surface area contributed by atoms with Gasteiger partial charge in [-0.25, -0.2) is 0 Å². The van der Waals surface area contributed by atoms with Crippen molar-refractivity contribution in [2.75, 3.05) is 0 Å². The lowest BCUT2D eigenvalue weighted by atomic mass is 9.55. The molecular weight excluding hydrogens is 546 g/mol. The molecule has 0 N–H and O–H groups in total. The van der Waals surface area contributed by atoms with Crippen molar-refractivity contribution in [2.24, 2.45) is 47.3 Å². The molecule has 0 spiro atoms. The first-order valence-corrected chi connectivity index (χ1v) is 19.3. The van der Waals surface area contributed by atoms with E-state index < -0.39 is 5.16 Å². The van der Waals surface area contributed by atoms with Gasteiger partial charge in [0.15, 0.2) is 0 Å². The molecule has 8 aliphatic carbocycles. The van der Waals surface area contributed by atoms with Crippen LogP contribution in [0.2, 0.25) is 0 Å². The van der Waals surface area contributed by atoms with Gasteiger partial charge in [0.25, 0.3) is 0 Å². The summed E-state index contributed by atoms with van der Waals surface area (Å²) in [6.45, 7) is 0. The zero-order valence-corrected chi connectivity index (χ0v) is 26.9. The minimum absolute atomic E-state index is 0.0880. The van der Waals surface area contributed by atoms with E-state index in [0.717, 1.165) is 70.0 Å². The normalized spacial score (nSPS) is 38.6. The van der Waals surface area contributed by atoms with E-state index in [-0.39, 0.29) is 7.92 Å². The van der Waals surface area contributed by atoms with Gasteiger partial charge in [-0.2, -0.15) is 0 Å². The maximum atomic E-state index is 4.97. The molecule has 8 aliphatic rings. The molecule has 11 rings (SSSR count). The fourth-order valence-corrected chi connectivity index (χ4v) is 17.4. The Labute approximate surface area is 256 Å². The molecule has 1 unspecified atom stereocenters. The second kappa shape index (κ2) is 10.5. The van der Waals surface area contributed by atoms with Crippen LogP contribution >= 0.6 is 17.2 Å². The predicted octanol–water partition coefficient (Wildman–Crippen LogP) is 9.27. The molecule has 0 amide bonds. The molecule has 2 heterocycles. The van der Waals surface area contributed by atoms with Crippen LogP contribution in [-0.2, 0) is 11.3 Å². The molecule has 42 heavy (non-hydrogen) atoms. The summed E-state index contributed by atoms with van der Waals surface area (Å²) < 4.78 is 0. The lowest BCUT2D eigenvalue weighted by molar-refractivity contribution is 0.0129. The molecule has 4 heteroatoms. The molecular formula is C38H46N2P2. The van der Waals surface area contributed by atoms with E-state index in [1.165, 1.54) is 11.7 Å². The van der Waals surface area contributed by atoms with Crippen molar-refractivity contribution in [1.29, 1.82) is 0 Å². The van der Waals surface area contributed by atoms with Crippen molar-refractivity contribution >= 4 is 17.2 Å². The Morgan fingerprint density at radius 1 is 0.571 bits per heavy atom. The van der Waals surface area contributed by atoms with Crippen LogP contribution in [0.4, 0.5) is 0 Å². The van der Waals surface area contributed by atoms with Crippen LogP contribution in [0.3, 0.4) is 0 Å². The van der Waals surface area contributed by atoms with Crippen molar-refractivity contribution in [3.8, 4) is 0 Å². The van der Waals surface area contributed by atoms with Gasteiger partial charge in [0.1, 0.15) is 0 Å². The third-order valence-corrected chi connectivity index (χ3v) is 17.9. The van der Waals surface area contributed by atoms with E-state index in [1.54, 1.807) is 69.8 Å². The summed E-state index contributed by atoms with van der Waals surface area (Å²) in [5.41, 5.74) is 7.16. The number of pyridine rings is 2. The molecule has 8 fully saturated rings. The highest BCUT2D eigenvalue weighted by molar-refractivity contribution is 7.58. The van der Waals surface area contributed by atoms with E-state index in [9.17, 15) is 0 Å². The van der Waals surface area contributed by atoms with Gasteiger partial charge in [0, 0.05) is 12.4 Å². The molecule has 8 saturated carbocycles. The van der Waals surface area contributed by atoms with Crippen molar-refractivity contribution < 1.29 is 0 Å². The van der Waals surface area contributed by atoms with Crippen molar-refractivity contribution in [2.45, 2.75) is 86.8 Å². The predicted molar refractivity (Wildman–Crippen MR) is 177 cm³/mol. The Hall–Kier alpha value is -1.62. The molecule has 0 saturated heterocycles. The Balaban J connectivity index is 1.15. The first-order chi connectivity index (χ1) is 20.6. The van der Waals surface area contributed by atoms with Crippen LogP contribution in [-0.4, -0.2) is 21.3 Å². The lowest BCUT2D eigenvalue weighted by Crippen LogP contribution is -2.52. The van der Waals surface area contributed by atoms with Crippen molar-refractivity contribution in [1.82, 2.24) is 9.97 Å². The minimum Gasteiger partial charge on any atom is -0.260 e. The van der Waals surface area contributed by atoms with Gasteiger partial charge in [-0.1, -0.05) is 44.3 Å². The highest BCUT2D eigenvalue weighted by atomic mass is 31.1. The van der Waals surface area contributed by atoms with Crippen LogP contribution < -0.4 is 0 Å². The van der Waals surface area contributed by atoms with Crippen LogP contribution in [0.15, 0.2) is 73.1 Å². The zero-order chi connectivity index (χ0) is 27.8. The van der Waals surface area contributed by atoms with Gasteiger partial charge < -0.3 is 0 Å². The summed E-state index contributed by atoms with van der Waals surface area (Å²) in [7, 11) is 3.17. The van der Waals surface area contributed by atoms with Crippen LogP contribution in [0, 0.1) is 47.3 Å². The molecule has 218 valence electrons. The molecule has 2 aromatic heterocycles. The van der Waals surface area contributed by atoms with Crippen molar-refractivity contribution in [3.63, 3.8) is 0 Å². The number of benzene rings is 1. The summed E-state index contributed by atoms with van der Waals surface area (Å²) in [4.78, 5) is 9.93. The molecule has 3 aromatic rings. The topological polar surface area (TPSA) is 25.8 Å². The van der Waals surface area contributed by atoms with E-state index in [0.29, 0.717) is 0 Å². The Morgan fingerprint density at radius 3 is 1.43 bits per heavy atom. The number of rotatable bonds is 7. The summed E-state index contributed by atoms with van der Waals surface area (Å²) in [6, 6.07) is 22.3. The van der Waals surface area contributed by atoms with Gasteiger partial charge in [0.2, 0.25) is 0 Å². The van der Waals surface area contributed by atoms with Crippen molar-refractivity contribution in [3.05, 3.63) is 95.6 Å². The summed E-state index contributed by atoms with van der Waals surface area (Å²) in [6.07, 6.45) is 20.8. The van der Waals surface area contributed by atoms with E-state index in [2.05, 4.69) is 57.8 Å². The lowest BCUT2D eigenvalue weighted by Gasteiger charge is -2.62. The highest BCUT2D eigenvalue weighted by Gasteiger charge is 2.57. The van der Waals surface area contributed by atoms with Gasteiger partial charge >= 0.3 is 0 Å². The highest BCUT2D eigenvalue weighted by Crippen LogP contribution is 2.72. The Morgan fingerprint density at radius 2 is 1.00 bits per heavy atom. The van der Waals surface area contributed by atoms with Crippen LogP contribution in [0.5, 0.6) is 0 Å². The molecule has 0 aliphatic heterocycles. The quantitative estimate of drug-likeness (QED) is 0.256. The van der Waals surface area contributed by atoms with Crippen LogP contribution in [0.1, 0.15) is 86.7 Å². The SMILES string of the molecule is PC(c1ccccn1)(c1ccccn1)c1ccccc1CP(C1C2CC3CC(C2)CC1C3)C1C2CC3CC(C2)CC1C3. The molecule has 2 nitrogen and oxygen atoms in total. The standard InChI is InChI=1S/C38H46N2P2/c41-38(34-9-3-5-11-39-34,35-10-4-6-12-40-35)33-8-2-1-7-28(33)23-42(36-29-15-24-13-25(17-29)18-30(36)16-24)37-31-19-26-14-27(21-31)22-32(37)20-26/h1-12,24-27,29-32,36-37H,13-23,41H2. The molecule has 1 atom stereocenters. The minimum atomic E-state index is -0.450. The number of hydrogen-bond acceptors (Lipinski definition) is 2. The number of nitrogens with zero attached hydrogens (tertiary/aromatic N) is 2. The molecule has 1 aromatic carbocycles. The fraction of sp³-hybridized carbons (Fsp3) is 0.579. The Kier molecular flexibility index (Phi) is 6.68. The summed E-state index contributed by atoms with van der Waals surface area (Å²) in [5, 5.41) is -0.450. The average Bonchev–Trinajstić information content (AvgIpc) is 3.01. The van der Waals surface area contributed by atoms with Gasteiger partial charge in [-0.15, -0.1) is 9.24 Å². The number of aromatic nitrogens is 2. The van der Waals surface area contributed by atoms with E-state index in [4.69, 9.17) is 9.97 Å². The second-order valence-corrected chi connectivity index (χ2v) is 18.8. The fourth-order valence-electron chi connectivity index (χ4n) is 12.1. The third-order valence-electron chi connectivity index (χ3n) is 13.1. The maximum absolute atomic E-state index is 4.97. The summed E-state index contributed by atoms with van der Waals surface area (Å²) in [5.74, 6) is 8.29. The monoisotopic (exact) mass is 592 g/mol. The largest absolute Gasteiger partial charge is 0.260 e. The third kappa shape index (κ3) is 4.32. The van der Waals surface area contributed by atoms with E-state index >= 15 is 0 Å². The van der Waals surface area contributed by atoms with Gasteiger partial charge in [-0.3, -0.25) is 9.97 Å². The average molecular weight is 593 g/mol. The van der Waals surface area contributed by atoms with Gasteiger partial charge in [-0.05, 0) is 164 Å². The first-order valence-electron chi connectivity index (χ1n) is 17.1. The molecule has 0 radical (unpaired) electrons. The number of hydrogen-bond donors (Lipinski definition) is 0. The van der Waals surface area contributed by atoms with E-state index in [1.807, 2.05) is 24.5 Å². The van der Waals surface area contributed by atoms with Crippen LogP contribution in [0.25, 0.3) is 0 Å².